The largest absolute Gasteiger partial charge is 0.434 e. The molecule has 0 aromatic heterocycles. The smallest absolute Gasteiger partial charge is 0.314 e. The minimum absolute atomic E-state index is 0.00102. The predicted octanol–water partition coefficient (Wildman–Crippen LogP) is -1.08. The molecule has 4 saturated carbocycles. The van der Waals surface area contributed by atoms with Gasteiger partial charge in [0.25, 0.3) is 0 Å². The Morgan fingerprint density at radius 2 is 1.56 bits per heavy atom. The molecule has 7 rings (SSSR count). The second-order valence-electron chi connectivity index (χ2n) is 16.3. The number of hydrogen-bond acceptors (Lipinski definition) is 15. The molecule has 0 aromatic carbocycles. The number of cyclic esters (lactones) is 1. The molecule has 3 heterocycles. The van der Waals surface area contributed by atoms with E-state index in [4.69, 9.17) is 23.7 Å². The second-order valence-corrected chi connectivity index (χ2v) is 16.3. The minimum atomic E-state index is -1.71. The number of carbonyl (C=O) groups excluding carboxylic acids is 2. The van der Waals surface area contributed by atoms with Crippen molar-refractivity contribution in [2.75, 3.05) is 6.61 Å². The average molecular weight is 713 g/mol. The first-order valence-electron chi connectivity index (χ1n) is 18.1. The van der Waals surface area contributed by atoms with Gasteiger partial charge in [-0.05, 0) is 81.6 Å². The van der Waals surface area contributed by atoms with Gasteiger partial charge in [-0.3, -0.25) is 4.79 Å². The average Bonchev–Trinajstić information content (AvgIpc) is 3.64. The third kappa shape index (κ3) is 5.37. The van der Waals surface area contributed by atoms with Gasteiger partial charge in [-0.25, -0.2) is 0 Å². The zero-order valence-electron chi connectivity index (χ0n) is 28.5. The van der Waals surface area contributed by atoms with E-state index in [0.717, 1.165) is 18.3 Å². The Morgan fingerprint density at radius 1 is 0.860 bits per heavy atom. The van der Waals surface area contributed by atoms with Crippen molar-refractivity contribution in [3.63, 3.8) is 0 Å². The lowest BCUT2D eigenvalue weighted by molar-refractivity contribution is -0.361. The molecule has 18 atom stereocenters. The van der Waals surface area contributed by atoms with Crippen LogP contribution in [0, 0.1) is 28.6 Å². The van der Waals surface area contributed by atoms with Crippen LogP contribution in [-0.2, 0) is 33.3 Å². The summed E-state index contributed by atoms with van der Waals surface area (Å²) in [6.07, 6.45) is -8.42. The lowest BCUT2D eigenvalue weighted by atomic mass is 9.41. The summed E-state index contributed by atoms with van der Waals surface area (Å²) in [5.74, 6) is -0.761. The highest BCUT2D eigenvalue weighted by Gasteiger charge is 2.71. The molecule has 0 bridgehead atoms. The van der Waals surface area contributed by atoms with Crippen LogP contribution in [0.15, 0.2) is 11.8 Å². The molecule has 2 saturated heterocycles. The van der Waals surface area contributed by atoms with Crippen molar-refractivity contribution >= 4 is 12.3 Å². The van der Waals surface area contributed by atoms with Gasteiger partial charge in [0.15, 0.2) is 12.6 Å². The molecule has 50 heavy (non-hydrogen) atoms. The van der Waals surface area contributed by atoms with Crippen LogP contribution in [0.1, 0.15) is 78.1 Å². The maximum Gasteiger partial charge on any atom is 0.314 e. The fourth-order valence-corrected chi connectivity index (χ4v) is 11.3. The topological polar surface area (TPSA) is 242 Å². The summed E-state index contributed by atoms with van der Waals surface area (Å²) in [6.45, 7) is 2.98. The first-order valence-corrected chi connectivity index (χ1v) is 18.1. The molecular weight excluding hydrogens is 660 g/mol. The number of aliphatic hydroxyl groups excluding tert-OH is 6. The molecule has 282 valence electrons. The Balaban J connectivity index is 1.02. The van der Waals surface area contributed by atoms with Gasteiger partial charge in [0.2, 0.25) is 0 Å². The van der Waals surface area contributed by atoms with Crippen molar-refractivity contribution in [3.05, 3.63) is 11.8 Å². The Kier molecular flexibility index (Phi) is 9.60. The van der Waals surface area contributed by atoms with Crippen LogP contribution in [0.5, 0.6) is 0 Å². The van der Waals surface area contributed by atoms with Crippen LogP contribution in [0.2, 0.25) is 0 Å². The summed E-state index contributed by atoms with van der Waals surface area (Å²) in [5.41, 5.74) is -3.20. The molecule has 15 heteroatoms. The van der Waals surface area contributed by atoms with Gasteiger partial charge in [0, 0.05) is 11.8 Å². The van der Waals surface area contributed by atoms with Crippen molar-refractivity contribution in [3.8, 4) is 0 Å². The number of fused-ring (bicyclic) bond motifs is 5. The van der Waals surface area contributed by atoms with E-state index < -0.39 is 96.2 Å². The van der Waals surface area contributed by atoms with E-state index >= 15 is 0 Å². The zero-order chi connectivity index (χ0) is 36.0. The lowest BCUT2D eigenvalue weighted by Gasteiger charge is -2.65. The quantitative estimate of drug-likeness (QED) is 0.0890. The molecule has 0 unspecified atom stereocenters. The molecule has 15 nitrogen and oxygen atoms in total. The summed E-state index contributed by atoms with van der Waals surface area (Å²) in [7, 11) is 0. The van der Waals surface area contributed by atoms with Crippen LogP contribution in [0.3, 0.4) is 0 Å². The van der Waals surface area contributed by atoms with Crippen LogP contribution in [0.25, 0.3) is 0 Å². The molecule has 7 aliphatic rings. The third-order valence-electron chi connectivity index (χ3n) is 14.1. The third-order valence-corrected chi connectivity index (χ3v) is 14.1. The van der Waals surface area contributed by atoms with Gasteiger partial charge in [0.1, 0.15) is 49.0 Å². The Morgan fingerprint density at radius 3 is 2.24 bits per heavy atom. The molecule has 3 aliphatic heterocycles. The lowest BCUT2D eigenvalue weighted by Crippen LogP contribution is -2.69. The van der Waals surface area contributed by atoms with Crippen molar-refractivity contribution in [1.29, 1.82) is 0 Å². The molecule has 8 N–H and O–H groups in total. The van der Waals surface area contributed by atoms with Crippen molar-refractivity contribution in [2.45, 2.75) is 157 Å². The number of aldehydes is 1. The molecule has 0 spiro atoms. The van der Waals surface area contributed by atoms with E-state index in [9.17, 15) is 50.4 Å². The van der Waals surface area contributed by atoms with Gasteiger partial charge >= 0.3 is 5.97 Å². The highest BCUT2D eigenvalue weighted by atomic mass is 16.7. The molecule has 0 radical (unpaired) electrons. The molecule has 0 aromatic rings. The van der Waals surface area contributed by atoms with Crippen LogP contribution in [0.4, 0.5) is 0 Å². The number of esters is 1. The fraction of sp³-hybridized carbons (Fsp3) is 0.886. The number of rotatable bonds is 7. The first kappa shape index (κ1) is 36.7. The summed E-state index contributed by atoms with van der Waals surface area (Å²) in [5, 5.41) is 87.0. The number of carbonyl (C=O) groups is 2. The highest BCUT2D eigenvalue weighted by Crippen LogP contribution is 2.70. The van der Waals surface area contributed by atoms with E-state index in [1.807, 2.05) is 0 Å². The predicted molar refractivity (Wildman–Crippen MR) is 167 cm³/mol. The van der Waals surface area contributed by atoms with Gasteiger partial charge < -0.3 is 69.3 Å². The maximum absolute atomic E-state index is 13.2. The normalized spacial score (nSPS) is 55.0. The van der Waals surface area contributed by atoms with Crippen molar-refractivity contribution < 1.29 is 74.1 Å². The Hall–Kier alpha value is -1.60. The fourth-order valence-electron chi connectivity index (χ4n) is 11.3. The zero-order valence-corrected chi connectivity index (χ0v) is 28.5. The van der Waals surface area contributed by atoms with Crippen molar-refractivity contribution in [1.82, 2.24) is 0 Å². The number of hydrogen-bond donors (Lipinski definition) is 8. The van der Waals surface area contributed by atoms with Crippen LogP contribution < -0.4 is 0 Å². The molecule has 0 amide bonds. The van der Waals surface area contributed by atoms with Gasteiger partial charge in [-0.2, -0.15) is 0 Å². The second kappa shape index (κ2) is 13.1. The van der Waals surface area contributed by atoms with E-state index in [2.05, 4.69) is 6.92 Å². The molecule has 4 aliphatic carbocycles. The molecule has 6 fully saturated rings. The SMILES string of the molecule is C[C@H]1O[C@@H](O[C@H]2CC[C@@]3(C=O)[C@@H]4CC[C@@]5(C)[C@H](C6=COC(=O)C6)CC[C@]5(O)[C@H]4CC[C@@]3(O)C2)[C@H](O)[C@H](O)[C@@H]1O[C@H]1O[C@@H](CO)[C@H](O)[C@@H](O)[C@@H]1O. The standard InChI is InChI=1S/C35H52O15/c1-16-29(50-31-27(42)25(40)24(39)22(13-36)49-31)26(41)28(43)30(47-16)48-18-3-8-33(15-37)20-4-7-32(2)19(17-11-23(38)46-14-17)6-10-35(32,45)21(20)5-9-34(33,44)12-18/h14-16,18-22,24-31,36,39-45H,3-13H2,1-2H3/t16-,18+,19+,20-,21+,22+,24+,25-,26+,27+,28-,29-,30+,31-,32+,33-,34-,35+/m1/s1. The molecular formula is C35H52O15. The number of aliphatic hydroxyl groups is 8. The highest BCUT2D eigenvalue weighted by molar-refractivity contribution is 5.76. The van der Waals surface area contributed by atoms with Gasteiger partial charge in [0.05, 0.1) is 48.1 Å². The Bertz CT molecular complexity index is 1340. The van der Waals surface area contributed by atoms with E-state index in [1.165, 1.54) is 0 Å². The van der Waals surface area contributed by atoms with E-state index in [-0.39, 0.29) is 43.0 Å². The van der Waals surface area contributed by atoms with E-state index in [1.54, 1.807) is 13.2 Å². The van der Waals surface area contributed by atoms with Crippen LogP contribution >= 0.6 is 0 Å². The van der Waals surface area contributed by atoms with Gasteiger partial charge in [-0.1, -0.05) is 6.92 Å². The number of ether oxygens (including phenoxy) is 5. The summed E-state index contributed by atoms with van der Waals surface area (Å²) in [4.78, 5) is 25.1. The summed E-state index contributed by atoms with van der Waals surface area (Å²) >= 11 is 0. The van der Waals surface area contributed by atoms with Crippen LogP contribution in [-0.4, -0.2) is 138 Å². The van der Waals surface area contributed by atoms with E-state index in [0.29, 0.717) is 38.5 Å². The Labute approximate surface area is 290 Å². The monoisotopic (exact) mass is 712 g/mol. The van der Waals surface area contributed by atoms with Crippen molar-refractivity contribution in [2.24, 2.45) is 28.6 Å². The summed E-state index contributed by atoms with van der Waals surface area (Å²) < 4.78 is 28.4. The minimum Gasteiger partial charge on any atom is -0.434 e. The van der Waals surface area contributed by atoms with Gasteiger partial charge in [-0.15, -0.1) is 0 Å². The summed E-state index contributed by atoms with van der Waals surface area (Å²) in [6, 6.07) is 0. The first-order chi connectivity index (χ1) is 23.6. The maximum atomic E-state index is 13.2.